The summed E-state index contributed by atoms with van der Waals surface area (Å²) in [7, 11) is -3.09. The van der Waals surface area contributed by atoms with E-state index in [-0.39, 0.29) is 31.8 Å². The maximum atomic E-state index is 13.8. The van der Waals surface area contributed by atoms with Crippen LogP contribution in [0.5, 0.6) is 0 Å². The summed E-state index contributed by atoms with van der Waals surface area (Å²) in [6.07, 6.45) is 4.30. The van der Waals surface area contributed by atoms with Crippen molar-refractivity contribution in [3.8, 4) is 0 Å². The molecule has 1 aliphatic rings. The Labute approximate surface area is 203 Å². The number of furan rings is 2. The van der Waals surface area contributed by atoms with Gasteiger partial charge < -0.3 is 19.3 Å². The van der Waals surface area contributed by atoms with Crippen molar-refractivity contribution in [3.63, 3.8) is 0 Å². The minimum atomic E-state index is -4.29. The van der Waals surface area contributed by atoms with Crippen LogP contribution in [0, 0.1) is 0 Å². The van der Waals surface area contributed by atoms with Crippen LogP contribution in [0.4, 0.5) is 5.69 Å². The van der Waals surface area contributed by atoms with E-state index in [0.29, 0.717) is 5.76 Å². The van der Waals surface area contributed by atoms with Crippen LogP contribution in [0.2, 0.25) is 0 Å². The van der Waals surface area contributed by atoms with Gasteiger partial charge in [-0.25, -0.2) is 13.2 Å². The zero-order valence-corrected chi connectivity index (χ0v) is 19.8. The van der Waals surface area contributed by atoms with Crippen molar-refractivity contribution >= 4 is 50.1 Å². The van der Waals surface area contributed by atoms with Gasteiger partial charge in [-0.3, -0.25) is 9.36 Å². The number of nitrogens with two attached hydrogens (primary N) is 1. The van der Waals surface area contributed by atoms with Crippen molar-refractivity contribution in [1.82, 2.24) is 4.57 Å². The van der Waals surface area contributed by atoms with Crippen molar-refractivity contribution in [2.75, 3.05) is 12.8 Å². The molecule has 0 aliphatic carbocycles. The summed E-state index contributed by atoms with van der Waals surface area (Å²) >= 11 is 0.905. The number of aromatic nitrogens is 1. The van der Waals surface area contributed by atoms with E-state index in [2.05, 4.69) is 0 Å². The molecule has 0 saturated carbocycles. The molecule has 1 aliphatic heterocycles. The van der Waals surface area contributed by atoms with Crippen molar-refractivity contribution in [2.24, 2.45) is 0 Å². The SMILES string of the molecule is COC(=O)C1=c2/c(=C/c3ccco3)c(N)c(S(=O)(=O)c3ccccc3)n2C(=O)[C@H](c2ccco2)S1. The van der Waals surface area contributed by atoms with E-state index in [0.717, 1.165) is 16.3 Å². The lowest BCUT2D eigenvalue weighted by Gasteiger charge is -2.22. The number of hydrogen-bond acceptors (Lipinski definition) is 9. The van der Waals surface area contributed by atoms with Gasteiger partial charge in [0.2, 0.25) is 9.84 Å². The third kappa shape index (κ3) is 3.69. The van der Waals surface area contributed by atoms with E-state index in [1.165, 1.54) is 37.8 Å². The van der Waals surface area contributed by atoms with Gasteiger partial charge in [0.1, 0.15) is 21.7 Å². The van der Waals surface area contributed by atoms with Gasteiger partial charge in [0.05, 0.1) is 35.6 Å². The third-order valence-electron chi connectivity index (χ3n) is 5.41. The Morgan fingerprint density at radius 2 is 1.80 bits per heavy atom. The molecule has 1 aromatic carbocycles. The second-order valence-corrected chi connectivity index (χ2v) is 10.4. The Hall–Kier alpha value is -3.96. The summed E-state index contributed by atoms with van der Waals surface area (Å²) in [6.45, 7) is 0. The maximum absolute atomic E-state index is 13.8. The maximum Gasteiger partial charge on any atom is 0.346 e. The topological polar surface area (TPSA) is 135 Å². The van der Waals surface area contributed by atoms with Crippen LogP contribution < -0.4 is 16.3 Å². The van der Waals surface area contributed by atoms with Crippen LogP contribution in [-0.2, 0) is 19.4 Å². The van der Waals surface area contributed by atoms with Crippen LogP contribution >= 0.6 is 11.8 Å². The third-order valence-corrected chi connectivity index (χ3v) is 8.48. The fourth-order valence-corrected chi connectivity index (χ4v) is 6.60. The number of benzene rings is 1. The van der Waals surface area contributed by atoms with Crippen LogP contribution in [0.3, 0.4) is 0 Å². The molecule has 9 nitrogen and oxygen atoms in total. The standard InChI is InChI=1S/C24H18N2O7S2/c1-31-24(28)21-19-16(13-14-7-5-11-32-14)18(25)23(35(29,30)15-8-3-2-4-9-15)26(19)22(27)20(34-21)17-10-6-12-33-17/h2-13,20H,25H2,1H3/b16-13+/t20-/m0/s1. The first-order chi connectivity index (χ1) is 16.8. The molecule has 5 rings (SSSR count). The number of fused-ring (bicyclic) bond motifs is 1. The van der Waals surface area contributed by atoms with E-state index in [9.17, 15) is 18.0 Å². The van der Waals surface area contributed by atoms with E-state index in [4.69, 9.17) is 19.3 Å². The highest BCUT2D eigenvalue weighted by atomic mass is 32.2. The predicted molar refractivity (Wildman–Crippen MR) is 127 cm³/mol. The Bertz CT molecular complexity index is 1650. The molecule has 0 bridgehead atoms. The van der Waals surface area contributed by atoms with Crippen molar-refractivity contribution in [1.29, 1.82) is 0 Å². The second kappa shape index (κ2) is 8.67. The molecular formula is C24H18N2O7S2. The summed E-state index contributed by atoms with van der Waals surface area (Å²) in [5.74, 6) is -0.786. The molecule has 0 unspecified atom stereocenters. The highest BCUT2D eigenvalue weighted by molar-refractivity contribution is 8.10. The van der Waals surface area contributed by atoms with Crippen molar-refractivity contribution in [3.05, 3.63) is 89.2 Å². The Morgan fingerprint density at radius 1 is 1.09 bits per heavy atom. The first kappa shape index (κ1) is 22.8. The molecule has 0 radical (unpaired) electrons. The van der Waals surface area contributed by atoms with E-state index < -0.39 is 32.0 Å². The highest BCUT2D eigenvalue weighted by Gasteiger charge is 2.41. The number of rotatable bonds is 5. The average molecular weight is 511 g/mol. The van der Waals surface area contributed by atoms with E-state index >= 15 is 0 Å². The Kier molecular flexibility index (Phi) is 5.65. The number of anilines is 1. The summed E-state index contributed by atoms with van der Waals surface area (Å²) in [4.78, 5) is 26.6. The second-order valence-electron chi connectivity index (χ2n) is 7.47. The van der Waals surface area contributed by atoms with Crippen LogP contribution in [0.25, 0.3) is 11.0 Å². The Morgan fingerprint density at radius 3 is 2.43 bits per heavy atom. The fourth-order valence-electron chi connectivity index (χ4n) is 3.86. The van der Waals surface area contributed by atoms with Gasteiger partial charge in [-0.05, 0) is 42.5 Å². The van der Waals surface area contributed by atoms with Crippen molar-refractivity contribution < 1.29 is 31.6 Å². The van der Waals surface area contributed by atoms with E-state index in [1.807, 2.05) is 0 Å². The molecule has 2 N–H and O–H groups in total. The van der Waals surface area contributed by atoms with Gasteiger partial charge >= 0.3 is 5.97 Å². The van der Waals surface area contributed by atoms with Crippen molar-refractivity contribution in [2.45, 2.75) is 15.2 Å². The number of nitrogen functional groups attached to an aromatic ring is 1. The zero-order valence-electron chi connectivity index (χ0n) is 18.2. The lowest BCUT2D eigenvalue weighted by atomic mass is 10.2. The summed E-state index contributed by atoms with van der Waals surface area (Å²) in [5.41, 5.74) is 6.23. The molecular weight excluding hydrogens is 492 g/mol. The molecule has 0 spiro atoms. The fraction of sp³-hybridized carbons (Fsp3) is 0.0833. The normalized spacial score (nSPS) is 16.4. The van der Waals surface area contributed by atoms with Crippen LogP contribution in [0.1, 0.15) is 21.6 Å². The first-order valence-corrected chi connectivity index (χ1v) is 12.6. The molecule has 4 heterocycles. The lowest BCUT2D eigenvalue weighted by molar-refractivity contribution is -0.133. The molecule has 4 aromatic rings. The molecule has 0 saturated heterocycles. The van der Waals surface area contributed by atoms with E-state index in [1.54, 1.807) is 42.5 Å². The molecule has 35 heavy (non-hydrogen) atoms. The molecule has 178 valence electrons. The number of methoxy groups -OCH3 is 1. The number of thioether (sulfide) groups is 1. The van der Waals surface area contributed by atoms with Gasteiger partial charge in [-0.2, -0.15) is 0 Å². The van der Waals surface area contributed by atoms with Gasteiger partial charge in [0, 0.05) is 5.22 Å². The highest BCUT2D eigenvalue weighted by Crippen LogP contribution is 2.40. The number of carbonyl (C=O) groups excluding carboxylic acids is 2. The number of sulfone groups is 1. The molecule has 11 heteroatoms. The molecule has 3 aromatic heterocycles. The minimum absolute atomic E-state index is 0.00696. The number of esters is 1. The van der Waals surface area contributed by atoms with Crippen LogP contribution in [-0.4, -0.2) is 32.0 Å². The largest absolute Gasteiger partial charge is 0.468 e. The van der Waals surface area contributed by atoms with Gasteiger partial charge in [-0.1, -0.05) is 30.0 Å². The summed E-state index contributed by atoms with van der Waals surface area (Å²) < 4.78 is 44.3. The quantitative estimate of drug-likeness (QED) is 0.401. The Balaban J connectivity index is 1.94. The van der Waals surface area contributed by atoms with Gasteiger partial charge in [0.15, 0.2) is 5.03 Å². The molecule has 0 amide bonds. The number of hydrogen-bond donors (Lipinski definition) is 1. The lowest BCUT2D eigenvalue weighted by Crippen LogP contribution is -2.42. The smallest absolute Gasteiger partial charge is 0.346 e. The summed E-state index contributed by atoms with van der Waals surface area (Å²) in [6, 6.07) is 14.1. The van der Waals surface area contributed by atoms with Gasteiger partial charge in [-0.15, -0.1) is 0 Å². The average Bonchev–Trinajstić information content (AvgIpc) is 3.62. The monoisotopic (exact) mass is 510 g/mol. The molecule has 1 atom stereocenters. The predicted octanol–water partition coefficient (Wildman–Crippen LogP) is 2.33. The number of nitrogens with zero attached hydrogens (tertiary/aromatic N) is 1. The number of ether oxygens (including phenoxy) is 1. The first-order valence-electron chi connectivity index (χ1n) is 10.3. The van der Waals surface area contributed by atoms with Crippen LogP contribution in [0.15, 0.2) is 85.9 Å². The summed E-state index contributed by atoms with van der Waals surface area (Å²) in [5, 5.41) is -1.33. The molecule has 0 fully saturated rings. The van der Waals surface area contributed by atoms with Gasteiger partial charge in [0.25, 0.3) is 5.91 Å². The zero-order chi connectivity index (χ0) is 24.7. The minimum Gasteiger partial charge on any atom is -0.468 e. The number of carbonyl (C=O) groups is 2.